The Bertz CT molecular complexity index is 455. The molecule has 1 saturated heterocycles. The van der Waals surface area contributed by atoms with Gasteiger partial charge in [-0.1, -0.05) is 29.8 Å². The average Bonchev–Trinajstić information content (AvgIpc) is 2.46. The molecule has 118 valence electrons. The van der Waals surface area contributed by atoms with E-state index in [0.717, 1.165) is 31.5 Å². The fraction of sp³-hybridized carbons (Fsp3) is 0.562. The first-order chi connectivity index (χ1) is 9.49. The number of hydrogen-bond donors (Lipinski definition) is 1. The molecule has 5 heteroatoms. The summed E-state index contributed by atoms with van der Waals surface area (Å²) in [6.07, 6.45) is 2.05. The Morgan fingerprint density at radius 3 is 2.33 bits per heavy atom. The molecule has 1 aromatic rings. The Labute approximate surface area is 133 Å². The minimum atomic E-state index is -0.555. The lowest BCUT2D eigenvalue weighted by Crippen LogP contribution is -2.47. The molecule has 2 N–H and O–H groups in total. The normalized spacial score (nSPS) is 17.9. The largest absolute Gasteiger partial charge is 0.341 e. The fourth-order valence-electron chi connectivity index (χ4n) is 2.70. The first-order valence-electron chi connectivity index (χ1n) is 7.26. The van der Waals surface area contributed by atoms with Gasteiger partial charge in [-0.05, 0) is 45.5 Å². The molecule has 1 aliphatic rings. The molecule has 1 unspecified atom stereocenters. The highest BCUT2D eigenvalue weighted by Gasteiger charge is 2.27. The van der Waals surface area contributed by atoms with Gasteiger partial charge < -0.3 is 15.5 Å². The number of likely N-dealkylation sites (N-methyl/N-ethyl adjacent to an activating group) is 1. The van der Waals surface area contributed by atoms with E-state index in [2.05, 4.69) is 11.9 Å². The van der Waals surface area contributed by atoms with E-state index < -0.39 is 6.04 Å². The van der Waals surface area contributed by atoms with Crippen LogP contribution in [0.5, 0.6) is 0 Å². The lowest BCUT2D eigenvalue weighted by Gasteiger charge is -2.36. The number of aryl methyl sites for hydroxylation is 1. The molecule has 0 bridgehead atoms. The van der Waals surface area contributed by atoms with Crippen LogP contribution in [0.25, 0.3) is 0 Å². The second-order valence-corrected chi connectivity index (χ2v) is 5.87. The topological polar surface area (TPSA) is 49.6 Å². The second-order valence-electron chi connectivity index (χ2n) is 5.87. The molecular formula is C16H26ClN3O. The van der Waals surface area contributed by atoms with Gasteiger partial charge in [0.05, 0.1) is 0 Å². The maximum atomic E-state index is 12.5. The van der Waals surface area contributed by atoms with Gasteiger partial charge in [-0.3, -0.25) is 4.79 Å². The summed E-state index contributed by atoms with van der Waals surface area (Å²) in [4.78, 5) is 16.6. The minimum Gasteiger partial charge on any atom is -0.341 e. The van der Waals surface area contributed by atoms with Gasteiger partial charge in [-0.2, -0.15) is 0 Å². The molecule has 0 saturated carbocycles. The predicted molar refractivity (Wildman–Crippen MR) is 88.6 cm³/mol. The highest BCUT2D eigenvalue weighted by molar-refractivity contribution is 5.85. The maximum absolute atomic E-state index is 12.5. The Balaban J connectivity index is 0.00000220. The van der Waals surface area contributed by atoms with Crippen LogP contribution in [0.3, 0.4) is 0 Å². The van der Waals surface area contributed by atoms with Gasteiger partial charge in [0, 0.05) is 13.1 Å². The van der Waals surface area contributed by atoms with Crippen LogP contribution >= 0.6 is 12.4 Å². The lowest BCUT2D eigenvalue weighted by molar-refractivity contribution is -0.134. The molecule has 0 radical (unpaired) electrons. The molecule has 1 atom stereocenters. The minimum absolute atomic E-state index is 0. The van der Waals surface area contributed by atoms with Crippen molar-refractivity contribution in [3.05, 3.63) is 35.4 Å². The van der Waals surface area contributed by atoms with E-state index >= 15 is 0 Å². The molecule has 1 heterocycles. The van der Waals surface area contributed by atoms with Gasteiger partial charge in [0.25, 0.3) is 0 Å². The summed E-state index contributed by atoms with van der Waals surface area (Å²) in [5, 5.41) is 0. The monoisotopic (exact) mass is 311 g/mol. The zero-order valence-corrected chi connectivity index (χ0v) is 13.9. The number of benzene rings is 1. The van der Waals surface area contributed by atoms with Gasteiger partial charge in [0.2, 0.25) is 5.91 Å². The van der Waals surface area contributed by atoms with Crippen molar-refractivity contribution in [2.75, 3.05) is 27.2 Å². The summed E-state index contributed by atoms with van der Waals surface area (Å²) in [7, 11) is 4.00. The van der Waals surface area contributed by atoms with E-state index in [9.17, 15) is 4.79 Å². The molecule has 2 rings (SSSR count). The number of halogens is 1. The van der Waals surface area contributed by atoms with Crippen LogP contribution in [0.2, 0.25) is 0 Å². The van der Waals surface area contributed by atoms with Crippen LogP contribution < -0.4 is 5.73 Å². The molecule has 1 aromatic carbocycles. The third-order valence-corrected chi connectivity index (χ3v) is 4.29. The second kappa shape index (κ2) is 7.78. The molecule has 4 nitrogen and oxygen atoms in total. The molecule has 0 aromatic heterocycles. The SMILES string of the molecule is Cc1ccc(C(N)C(=O)N(C)C2CCN(C)CC2)cc1.Cl. The number of hydrogen-bond acceptors (Lipinski definition) is 3. The third kappa shape index (κ3) is 4.43. The summed E-state index contributed by atoms with van der Waals surface area (Å²) in [5.41, 5.74) is 8.19. The van der Waals surface area contributed by atoms with Crippen molar-refractivity contribution in [1.82, 2.24) is 9.80 Å². The number of piperidine rings is 1. The summed E-state index contributed by atoms with van der Waals surface area (Å²) in [6.45, 7) is 4.12. The standard InChI is InChI=1S/C16H25N3O.ClH/c1-12-4-6-13(7-5-12)15(17)16(20)19(3)14-8-10-18(2)11-9-14;/h4-7,14-15H,8-11,17H2,1-3H3;1H. The van der Waals surface area contributed by atoms with Crippen molar-refractivity contribution < 1.29 is 4.79 Å². The van der Waals surface area contributed by atoms with E-state index in [0.29, 0.717) is 6.04 Å². The summed E-state index contributed by atoms with van der Waals surface area (Å²) in [6, 6.07) is 7.65. The van der Waals surface area contributed by atoms with Crippen molar-refractivity contribution in [2.24, 2.45) is 5.73 Å². The summed E-state index contributed by atoms with van der Waals surface area (Å²) < 4.78 is 0. The number of carbonyl (C=O) groups is 1. The first-order valence-corrected chi connectivity index (χ1v) is 7.26. The van der Waals surface area contributed by atoms with Crippen LogP contribution in [-0.4, -0.2) is 48.9 Å². The third-order valence-electron chi connectivity index (χ3n) is 4.29. The Hall–Kier alpha value is -1.10. The predicted octanol–water partition coefficient (Wildman–Crippen LogP) is 1.97. The number of rotatable bonds is 3. The molecular weight excluding hydrogens is 286 g/mol. The zero-order chi connectivity index (χ0) is 14.7. The Morgan fingerprint density at radius 2 is 1.81 bits per heavy atom. The molecule has 1 fully saturated rings. The Morgan fingerprint density at radius 1 is 1.29 bits per heavy atom. The van der Waals surface area contributed by atoms with Gasteiger partial charge in [0.1, 0.15) is 6.04 Å². The zero-order valence-electron chi connectivity index (χ0n) is 13.1. The van der Waals surface area contributed by atoms with Gasteiger partial charge >= 0.3 is 0 Å². The fourth-order valence-corrected chi connectivity index (χ4v) is 2.70. The summed E-state index contributed by atoms with van der Waals surface area (Å²) >= 11 is 0. The number of nitrogens with two attached hydrogens (primary N) is 1. The molecule has 1 amide bonds. The highest BCUT2D eigenvalue weighted by atomic mass is 35.5. The van der Waals surface area contributed by atoms with Crippen LogP contribution in [-0.2, 0) is 4.79 Å². The van der Waals surface area contributed by atoms with E-state index in [-0.39, 0.29) is 18.3 Å². The van der Waals surface area contributed by atoms with Crippen LogP contribution in [0, 0.1) is 6.92 Å². The van der Waals surface area contributed by atoms with Crippen molar-refractivity contribution in [3.8, 4) is 0 Å². The average molecular weight is 312 g/mol. The number of carbonyl (C=O) groups excluding carboxylic acids is 1. The van der Waals surface area contributed by atoms with E-state index in [4.69, 9.17) is 5.73 Å². The summed E-state index contributed by atoms with van der Waals surface area (Å²) in [5.74, 6) is 0.0170. The van der Waals surface area contributed by atoms with E-state index in [1.165, 1.54) is 5.56 Å². The Kier molecular flexibility index (Phi) is 6.65. The van der Waals surface area contributed by atoms with E-state index in [1.54, 1.807) is 0 Å². The molecule has 0 aliphatic carbocycles. The lowest BCUT2D eigenvalue weighted by atomic mass is 10.0. The number of amides is 1. The van der Waals surface area contributed by atoms with Crippen LogP contribution in [0.15, 0.2) is 24.3 Å². The van der Waals surface area contributed by atoms with Crippen molar-refractivity contribution >= 4 is 18.3 Å². The van der Waals surface area contributed by atoms with Crippen LogP contribution in [0.4, 0.5) is 0 Å². The van der Waals surface area contributed by atoms with Gasteiger partial charge in [0.15, 0.2) is 0 Å². The molecule has 1 aliphatic heterocycles. The van der Waals surface area contributed by atoms with Crippen molar-refractivity contribution in [2.45, 2.75) is 31.8 Å². The van der Waals surface area contributed by atoms with E-state index in [1.807, 2.05) is 43.1 Å². The highest BCUT2D eigenvalue weighted by Crippen LogP contribution is 2.19. The maximum Gasteiger partial charge on any atom is 0.244 e. The van der Waals surface area contributed by atoms with Crippen molar-refractivity contribution in [3.63, 3.8) is 0 Å². The molecule has 21 heavy (non-hydrogen) atoms. The number of likely N-dealkylation sites (tertiary alicyclic amines) is 1. The first kappa shape index (κ1) is 18.0. The van der Waals surface area contributed by atoms with Gasteiger partial charge in [-0.25, -0.2) is 0 Å². The van der Waals surface area contributed by atoms with Crippen molar-refractivity contribution in [1.29, 1.82) is 0 Å². The van der Waals surface area contributed by atoms with Gasteiger partial charge in [-0.15, -0.1) is 12.4 Å². The smallest absolute Gasteiger partial charge is 0.244 e. The number of nitrogens with zero attached hydrogens (tertiary/aromatic N) is 2. The van der Waals surface area contributed by atoms with Crippen LogP contribution in [0.1, 0.15) is 30.0 Å². The molecule has 0 spiro atoms. The quantitative estimate of drug-likeness (QED) is 0.928.